The number of rotatable bonds is 3. The van der Waals surface area contributed by atoms with Crippen LogP contribution in [0.4, 0.5) is 0 Å². The maximum absolute atomic E-state index is 5.54. The van der Waals surface area contributed by atoms with E-state index in [4.69, 9.17) is 11.4 Å². The van der Waals surface area contributed by atoms with Gasteiger partial charge in [0.15, 0.2) is 5.82 Å². The van der Waals surface area contributed by atoms with Gasteiger partial charge in [-0.05, 0) is 22.7 Å². The molecule has 0 radical (unpaired) electrons. The van der Waals surface area contributed by atoms with Gasteiger partial charge in [0.2, 0.25) is 0 Å². The summed E-state index contributed by atoms with van der Waals surface area (Å²) < 4.78 is 3.63. The summed E-state index contributed by atoms with van der Waals surface area (Å²) in [6, 6.07) is 12.6. The maximum atomic E-state index is 5.54. The Morgan fingerprint density at radius 1 is 1.19 bits per heavy atom. The lowest BCUT2D eigenvalue weighted by molar-refractivity contribution is 0.884. The van der Waals surface area contributed by atoms with Crippen molar-refractivity contribution in [2.45, 2.75) is 26.2 Å². The number of hydrogen-bond acceptors (Lipinski definition) is 2. The average molecular weight is 310 g/mol. The minimum atomic E-state index is -1.28. The van der Waals surface area contributed by atoms with Crippen LogP contribution in [0.1, 0.15) is 0 Å². The molecule has 2 nitrogen and oxygen atoms in total. The Morgan fingerprint density at radius 3 is 2.62 bits per heavy atom. The first-order valence-corrected chi connectivity index (χ1v) is 11.3. The number of imidazole rings is 1. The van der Waals surface area contributed by atoms with E-state index in [0.717, 1.165) is 16.9 Å². The molecule has 3 rings (SSSR count). The van der Waals surface area contributed by atoms with Crippen LogP contribution in [0.25, 0.3) is 21.7 Å². The van der Waals surface area contributed by atoms with Gasteiger partial charge in [0, 0.05) is 0 Å². The summed E-state index contributed by atoms with van der Waals surface area (Å²) in [5.41, 5.74) is 2.11. The van der Waals surface area contributed by atoms with Crippen LogP contribution in [0, 0.1) is 12.3 Å². The van der Waals surface area contributed by atoms with Crippen molar-refractivity contribution >= 4 is 34.9 Å². The summed E-state index contributed by atoms with van der Waals surface area (Å²) in [5.74, 6) is 3.74. The fourth-order valence-electron chi connectivity index (χ4n) is 2.38. The molecular formula is C17H18N2SSi. The Labute approximate surface area is 130 Å². The van der Waals surface area contributed by atoms with Crippen LogP contribution >= 0.6 is 11.3 Å². The Morgan fingerprint density at radius 2 is 1.95 bits per heavy atom. The molecule has 0 amide bonds. The first-order valence-electron chi connectivity index (χ1n) is 7.00. The molecule has 1 aromatic carbocycles. The fourth-order valence-corrected chi connectivity index (χ4v) is 5.27. The lowest BCUT2D eigenvalue weighted by Gasteiger charge is -2.12. The third kappa shape index (κ3) is 2.55. The van der Waals surface area contributed by atoms with E-state index in [2.05, 4.69) is 48.3 Å². The number of aromatic nitrogens is 2. The predicted octanol–water partition coefficient (Wildman–Crippen LogP) is 3.94. The standard InChI is InChI=1S/C17H18N2SSi/c1-5-12-19-14-9-7-6-8-13(14)18-17(19)15-10-11-16(20-15)21(2,3)4/h1,6-11H,12H2,2-4H3. The number of hydrogen-bond donors (Lipinski definition) is 0. The van der Waals surface area contributed by atoms with Crippen molar-refractivity contribution in [2.75, 3.05) is 0 Å². The van der Waals surface area contributed by atoms with Crippen molar-refractivity contribution in [3.05, 3.63) is 36.4 Å². The SMILES string of the molecule is C#CCn1c(-c2ccc([Si](C)(C)C)s2)nc2ccccc21. The quantitative estimate of drug-likeness (QED) is 0.529. The lowest BCUT2D eigenvalue weighted by atomic mass is 10.3. The van der Waals surface area contributed by atoms with Crippen LogP contribution in [0.3, 0.4) is 0 Å². The summed E-state index contributed by atoms with van der Waals surface area (Å²) in [4.78, 5) is 6.00. The smallest absolute Gasteiger partial charge is 0.152 e. The van der Waals surface area contributed by atoms with E-state index < -0.39 is 8.07 Å². The highest BCUT2D eigenvalue weighted by Gasteiger charge is 2.21. The Bertz CT molecular complexity index is 830. The molecule has 0 fully saturated rings. The van der Waals surface area contributed by atoms with Gasteiger partial charge in [-0.3, -0.25) is 0 Å². The van der Waals surface area contributed by atoms with Gasteiger partial charge in [-0.15, -0.1) is 17.8 Å². The van der Waals surface area contributed by atoms with Crippen LogP contribution in [0.15, 0.2) is 36.4 Å². The number of fused-ring (bicyclic) bond motifs is 1. The maximum Gasteiger partial charge on any atom is 0.152 e. The molecule has 106 valence electrons. The van der Waals surface area contributed by atoms with Crippen molar-refractivity contribution in [3.63, 3.8) is 0 Å². The van der Waals surface area contributed by atoms with E-state index in [1.807, 2.05) is 29.5 Å². The molecule has 0 aliphatic rings. The second kappa shape index (κ2) is 5.17. The van der Waals surface area contributed by atoms with Crippen molar-refractivity contribution < 1.29 is 0 Å². The zero-order valence-corrected chi connectivity index (χ0v) is 14.4. The molecule has 0 saturated carbocycles. The molecule has 21 heavy (non-hydrogen) atoms. The van der Waals surface area contributed by atoms with Gasteiger partial charge in [0.1, 0.15) is 0 Å². The minimum Gasteiger partial charge on any atom is -0.311 e. The molecule has 4 heteroatoms. The monoisotopic (exact) mass is 310 g/mol. The van der Waals surface area contributed by atoms with Gasteiger partial charge in [-0.2, -0.15) is 0 Å². The van der Waals surface area contributed by atoms with E-state index in [0.29, 0.717) is 6.54 Å². The van der Waals surface area contributed by atoms with E-state index in [1.54, 1.807) is 0 Å². The zero-order chi connectivity index (χ0) is 15.0. The molecule has 0 unspecified atom stereocenters. The van der Waals surface area contributed by atoms with Crippen LogP contribution in [0.5, 0.6) is 0 Å². The summed E-state index contributed by atoms with van der Waals surface area (Å²) in [6.45, 7) is 7.66. The molecule has 0 aliphatic heterocycles. The number of nitrogens with zero attached hydrogens (tertiary/aromatic N) is 2. The fraction of sp³-hybridized carbons (Fsp3) is 0.235. The molecule has 0 aliphatic carbocycles. The van der Waals surface area contributed by atoms with Gasteiger partial charge < -0.3 is 4.57 Å². The molecular weight excluding hydrogens is 292 g/mol. The predicted molar refractivity (Wildman–Crippen MR) is 94.9 cm³/mol. The second-order valence-corrected chi connectivity index (χ2v) is 12.6. The molecule has 0 N–H and O–H groups in total. The van der Waals surface area contributed by atoms with Crippen molar-refractivity contribution in [2.24, 2.45) is 0 Å². The Balaban J connectivity index is 2.18. The number of terminal acetylenes is 1. The third-order valence-corrected chi connectivity index (χ3v) is 8.15. The Hall–Kier alpha value is -1.83. The normalized spacial score (nSPS) is 11.7. The van der Waals surface area contributed by atoms with Gasteiger partial charge >= 0.3 is 0 Å². The average Bonchev–Trinajstić information content (AvgIpc) is 3.03. The molecule has 3 aromatic rings. The van der Waals surface area contributed by atoms with Crippen LogP contribution in [-0.2, 0) is 6.54 Å². The first-order chi connectivity index (χ1) is 10.0. The molecule has 0 bridgehead atoms. The molecule has 0 saturated heterocycles. The first kappa shape index (κ1) is 14.1. The van der Waals surface area contributed by atoms with Crippen LogP contribution in [-0.4, -0.2) is 17.6 Å². The largest absolute Gasteiger partial charge is 0.311 e. The summed E-state index contributed by atoms with van der Waals surface area (Å²) in [7, 11) is -1.28. The van der Waals surface area contributed by atoms with E-state index >= 15 is 0 Å². The van der Waals surface area contributed by atoms with Crippen molar-refractivity contribution in [1.29, 1.82) is 0 Å². The minimum absolute atomic E-state index is 0.552. The topological polar surface area (TPSA) is 17.8 Å². The van der Waals surface area contributed by atoms with E-state index in [9.17, 15) is 0 Å². The molecule has 0 atom stereocenters. The highest BCUT2D eigenvalue weighted by atomic mass is 32.1. The summed E-state index contributed by atoms with van der Waals surface area (Å²) in [5, 5.41) is 0. The number of benzene rings is 1. The second-order valence-electron chi connectivity index (χ2n) is 6.13. The highest BCUT2D eigenvalue weighted by molar-refractivity contribution is 7.28. The lowest BCUT2D eigenvalue weighted by Crippen LogP contribution is -2.34. The highest BCUT2D eigenvalue weighted by Crippen LogP contribution is 2.28. The van der Waals surface area contributed by atoms with Crippen LogP contribution in [0.2, 0.25) is 19.6 Å². The van der Waals surface area contributed by atoms with Gasteiger partial charge in [0.25, 0.3) is 0 Å². The van der Waals surface area contributed by atoms with Crippen molar-refractivity contribution in [1.82, 2.24) is 9.55 Å². The van der Waals surface area contributed by atoms with Gasteiger partial charge in [-0.1, -0.05) is 43.8 Å². The third-order valence-electron chi connectivity index (χ3n) is 3.47. The molecule has 2 aromatic heterocycles. The van der Waals surface area contributed by atoms with Gasteiger partial charge in [0.05, 0.1) is 30.5 Å². The molecule has 0 spiro atoms. The van der Waals surface area contributed by atoms with E-state index in [1.165, 1.54) is 9.38 Å². The van der Waals surface area contributed by atoms with Crippen molar-refractivity contribution in [3.8, 4) is 23.0 Å². The number of thiophene rings is 1. The molecule has 2 heterocycles. The number of para-hydroxylation sites is 2. The Kier molecular flexibility index (Phi) is 3.48. The summed E-state index contributed by atoms with van der Waals surface area (Å²) in [6.07, 6.45) is 5.54. The van der Waals surface area contributed by atoms with E-state index in [-0.39, 0.29) is 0 Å². The zero-order valence-electron chi connectivity index (χ0n) is 12.6. The summed E-state index contributed by atoms with van der Waals surface area (Å²) >= 11 is 1.86. The van der Waals surface area contributed by atoms with Gasteiger partial charge in [-0.25, -0.2) is 4.98 Å². The van der Waals surface area contributed by atoms with Crippen LogP contribution < -0.4 is 4.50 Å².